The molecule has 1 aromatic rings. The van der Waals surface area contributed by atoms with Gasteiger partial charge >= 0.3 is 11.9 Å². The second kappa shape index (κ2) is 6.66. The van der Waals surface area contributed by atoms with E-state index in [4.69, 9.17) is 21.8 Å². The molecule has 6 heteroatoms. The minimum Gasteiger partial charge on any atom is -0.480 e. The molecule has 4 nitrogen and oxygen atoms in total. The van der Waals surface area contributed by atoms with E-state index in [1.54, 1.807) is 6.07 Å². The maximum Gasteiger partial charge on any atom is 0.337 e. The van der Waals surface area contributed by atoms with E-state index in [1.807, 2.05) is 6.92 Å². The standard InChI is InChI=1S/C12H13ClO4S/c1-2-3-10(12(16)17)18-7-4-5-9(13)8(6-7)11(14)15/h4-6,10H,2-3H2,1H3,(H,14,15)(H,16,17). The number of carboxylic acids is 2. The van der Waals surface area contributed by atoms with Crippen molar-refractivity contribution in [3.63, 3.8) is 0 Å². The Morgan fingerprint density at radius 2 is 2.06 bits per heavy atom. The van der Waals surface area contributed by atoms with Crippen LogP contribution in [0.3, 0.4) is 0 Å². The van der Waals surface area contributed by atoms with Crippen molar-refractivity contribution in [2.24, 2.45) is 0 Å². The van der Waals surface area contributed by atoms with E-state index in [2.05, 4.69) is 0 Å². The van der Waals surface area contributed by atoms with E-state index in [0.717, 1.165) is 18.2 Å². The summed E-state index contributed by atoms with van der Waals surface area (Å²) in [6.07, 6.45) is 1.29. The number of aromatic carboxylic acids is 1. The van der Waals surface area contributed by atoms with Crippen LogP contribution in [0, 0.1) is 0 Å². The molecule has 1 unspecified atom stereocenters. The van der Waals surface area contributed by atoms with Crippen LogP contribution in [-0.4, -0.2) is 27.4 Å². The lowest BCUT2D eigenvalue weighted by atomic mass is 10.2. The third-order valence-electron chi connectivity index (χ3n) is 2.27. The van der Waals surface area contributed by atoms with E-state index in [9.17, 15) is 9.59 Å². The smallest absolute Gasteiger partial charge is 0.337 e. The van der Waals surface area contributed by atoms with Crippen molar-refractivity contribution in [2.45, 2.75) is 29.9 Å². The van der Waals surface area contributed by atoms with Crippen molar-refractivity contribution >= 4 is 35.3 Å². The Hall–Kier alpha value is -1.20. The second-order valence-corrected chi connectivity index (χ2v) is 5.36. The zero-order valence-corrected chi connectivity index (χ0v) is 11.3. The molecule has 0 spiro atoms. The first-order valence-corrected chi connectivity index (χ1v) is 6.63. The summed E-state index contributed by atoms with van der Waals surface area (Å²) in [6, 6.07) is 4.50. The summed E-state index contributed by atoms with van der Waals surface area (Å²) in [5, 5.41) is 17.5. The summed E-state index contributed by atoms with van der Waals surface area (Å²) < 4.78 is 0. The quantitative estimate of drug-likeness (QED) is 0.785. The summed E-state index contributed by atoms with van der Waals surface area (Å²) in [4.78, 5) is 22.5. The lowest BCUT2D eigenvalue weighted by Crippen LogP contribution is -2.15. The van der Waals surface area contributed by atoms with Crippen LogP contribution in [0.5, 0.6) is 0 Å². The summed E-state index contributed by atoms with van der Waals surface area (Å²) >= 11 is 6.89. The molecule has 0 radical (unpaired) electrons. The number of hydrogen-bond donors (Lipinski definition) is 2. The largest absolute Gasteiger partial charge is 0.480 e. The van der Waals surface area contributed by atoms with Crippen molar-refractivity contribution in [1.29, 1.82) is 0 Å². The minimum absolute atomic E-state index is 0.0118. The number of hydrogen-bond acceptors (Lipinski definition) is 3. The third kappa shape index (κ3) is 3.92. The molecule has 0 heterocycles. The molecule has 1 atom stereocenters. The van der Waals surface area contributed by atoms with Gasteiger partial charge in [-0.25, -0.2) is 4.79 Å². The van der Waals surface area contributed by atoms with Crippen LogP contribution in [0.2, 0.25) is 5.02 Å². The molecule has 0 aliphatic heterocycles. The highest BCUT2D eigenvalue weighted by atomic mass is 35.5. The fourth-order valence-electron chi connectivity index (χ4n) is 1.40. The van der Waals surface area contributed by atoms with Gasteiger partial charge < -0.3 is 10.2 Å². The molecular formula is C12H13ClO4S. The van der Waals surface area contributed by atoms with Crippen LogP contribution in [0.1, 0.15) is 30.1 Å². The van der Waals surface area contributed by atoms with Crippen molar-refractivity contribution in [3.8, 4) is 0 Å². The van der Waals surface area contributed by atoms with Crippen molar-refractivity contribution in [2.75, 3.05) is 0 Å². The molecule has 0 aliphatic rings. The second-order valence-electron chi connectivity index (χ2n) is 3.68. The highest BCUT2D eigenvalue weighted by Gasteiger charge is 2.19. The Bertz CT molecular complexity index is 461. The first-order valence-electron chi connectivity index (χ1n) is 5.38. The Labute approximate surface area is 114 Å². The van der Waals surface area contributed by atoms with Gasteiger partial charge in [-0.15, -0.1) is 11.8 Å². The summed E-state index contributed by atoms with van der Waals surface area (Å²) in [5.74, 6) is -2.02. The molecule has 18 heavy (non-hydrogen) atoms. The third-order valence-corrected chi connectivity index (χ3v) is 3.85. The van der Waals surface area contributed by atoms with Gasteiger partial charge in [0.1, 0.15) is 5.25 Å². The topological polar surface area (TPSA) is 74.6 Å². The molecular weight excluding hydrogens is 276 g/mol. The fourth-order valence-corrected chi connectivity index (χ4v) is 2.71. The molecule has 0 fully saturated rings. The molecule has 2 N–H and O–H groups in total. The normalized spacial score (nSPS) is 12.1. The van der Waals surface area contributed by atoms with Crippen LogP contribution >= 0.6 is 23.4 Å². The van der Waals surface area contributed by atoms with Gasteiger partial charge in [0.05, 0.1) is 10.6 Å². The number of benzene rings is 1. The number of rotatable bonds is 6. The Morgan fingerprint density at radius 1 is 1.39 bits per heavy atom. The molecule has 0 aromatic heterocycles. The van der Waals surface area contributed by atoms with Gasteiger partial charge in [-0.3, -0.25) is 4.79 Å². The predicted octanol–water partition coefficient (Wildman–Crippen LogP) is 3.38. The molecule has 0 aliphatic carbocycles. The van der Waals surface area contributed by atoms with E-state index < -0.39 is 17.2 Å². The zero-order valence-electron chi connectivity index (χ0n) is 9.72. The number of aliphatic carboxylic acids is 1. The Morgan fingerprint density at radius 3 is 2.56 bits per heavy atom. The minimum atomic E-state index is -1.12. The summed E-state index contributed by atoms with van der Waals surface area (Å²) in [7, 11) is 0. The first-order chi connectivity index (χ1) is 8.45. The van der Waals surface area contributed by atoms with E-state index in [0.29, 0.717) is 11.3 Å². The molecule has 0 amide bonds. The first kappa shape index (κ1) is 14.9. The summed E-state index contributed by atoms with van der Waals surface area (Å²) in [6.45, 7) is 1.90. The van der Waals surface area contributed by atoms with Crippen LogP contribution in [0.25, 0.3) is 0 Å². The SMILES string of the molecule is CCCC(Sc1ccc(Cl)c(C(=O)O)c1)C(=O)O. The Balaban J connectivity index is 2.93. The lowest BCUT2D eigenvalue weighted by molar-refractivity contribution is -0.136. The molecule has 0 bridgehead atoms. The average Bonchev–Trinajstić information content (AvgIpc) is 2.30. The highest BCUT2D eigenvalue weighted by molar-refractivity contribution is 8.00. The van der Waals surface area contributed by atoms with Crippen LogP contribution in [-0.2, 0) is 4.79 Å². The maximum absolute atomic E-state index is 11.0. The van der Waals surface area contributed by atoms with Gasteiger partial charge in [-0.1, -0.05) is 24.9 Å². The number of carboxylic acid groups (broad SMARTS) is 2. The molecule has 0 saturated carbocycles. The number of halogens is 1. The molecule has 0 saturated heterocycles. The van der Waals surface area contributed by atoms with Crippen molar-refractivity contribution in [3.05, 3.63) is 28.8 Å². The number of thioether (sulfide) groups is 1. The van der Waals surface area contributed by atoms with E-state index in [1.165, 1.54) is 12.1 Å². The van der Waals surface area contributed by atoms with E-state index in [-0.39, 0.29) is 10.6 Å². The molecule has 1 aromatic carbocycles. The van der Waals surface area contributed by atoms with Gasteiger partial charge in [-0.05, 0) is 24.6 Å². The maximum atomic E-state index is 11.0. The van der Waals surface area contributed by atoms with Gasteiger partial charge in [0.15, 0.2) is 0 Å². The van der Waals surface area contributed by atoms with Crippen molar-refractivity contribution in [1.82, 2.24) is 0 Å². The van der Waals surface area contributed by atoms with Crippen LogP contribution < -0.4 is 0 Å². The van der Waals surface area contributed by atoms with E-state index >= 15 is 0 Å². The Kier molecular flexibility index (Phi) is 5.50. The number of carbonyl (C=O) groups is 2. The van der Waals surface area contributed by atoms with Gasteiger partial charge in [0.2, 0.25) is 0 Å². The lowest BCUT2D eigenvalue weighted by Gasteiger charge is -2.11. The molecule has 98 valence electrons. The van der Waals surface area contributed by atoms with Gasteiger partial charge in [0.25, 0.3) is 0 Å². The average molecular weight is 289 g/mol. The van der Waals surface area contributed by atoms with Gasteiger partial charge in [-0.2, -0.15) is 0 Å². The van der Waals surface area contributed by atoms with Gasteiger partial charge in [0, 0.05) is 4.90 Å². The van der Waals surface area contributed by atoms with Crippen LogP contribution in [0.15, 0.2) is 23.1 Å². The van der Waals surface area contributed by atoms with Crippen molar-refractivity contribution < 1.29 is 19.8 Å². The zero-order chi connectivity index (χ0) is 13.7. The monoisotopic (exact) mass is 288 g/mol. The highest BCUT2D eigenvalue weighted by Crippen LogP contribution is 2.29. The molecule has 1 rings (SSSR count). The van der Waals surface area contributed by atoms with Crippen LogP contribution in [0.4, 0.5) is 0 Å². The summed E-state index contributed by atoms with van der Waals surface area (Å²) in [5.41, 5.74) is -0.0118. The fraction of sp³-hybridized carbons (Fsp3) is 0.333. The predicted molar refractivity (Wildman–Crippen MR) is 70.6 cm³/mol.